The first-order valence-corrected chi connectivity index (χ1v) is 8.04. The third-order valence-corrected chi connectivity index (χ3v) is 5.14. The molecule has 1 unspecified atom stereocenters. The minimum atomic E-state index is 0.429. The normalized spacial score (nSPS) is 24.9. The third kappa shape index (κ3) is 4.44. The standard InChI is InChI=1S/C16H32N2O/c1-13(2)14(3)18(4)12-16(7-9-19-10-8-16)11-17-15-5-6-15/h13-15,17H,5-12H2,1-4H3. The van der Waals surface area contributed by atoms with Gasteiger partial charge in [-0.05, 0) is 51.0 Å². The van der Waals surface area contributed by atoms with E-state index in [1.807, 2.05) is 0 Å². The molecule has 3 heteroatoms. The van der Waals surface area contributed by atoms with Gasteiger partial charge in [0.1, 0.15) is 0 Å². The second-order valence-electron chi connectivity index (χ2n) is 7.17. The van der Waals surface area contributed by atoms with E-state index < -0.39 is 0 Å². The van der Waals surface area contributed by atoms with Crippen molar-refractivity contribution in [3.05, 3.63) is 0 Å². The van der Waals surface area contributed by atoms with Crippen LogP contribution in [0.1, 0.15) is 46.5 Å². The summed E-state index contributed by atoms with van der Waals surface area (Å²) in [6, 6.07) is 1.47. The highest BCUT2D eigenvalue weighted by Crippen LogP contribution is 2.33. The zero-order chi connectivity index (χ0) is 13.9. The Morgan fingerprint density at radius 3 is 2.37 bits per heavy atom. The summed E-state index contributed by atoms with van der Waals surface area (Å²) in [7, 11) is 2.29. The molecule has 2 aliphatic rings. The van der Waals surface area contributed by atoms with Crippen molar-refractivity contribution in [1.29, 1.82) is 0 Å². The van der Waals surface area contributed by atoms with Gasteiger partial charge in [0.05, 0.1) is 0 Å². The summed E-state index contributed by atoms with van der Waals surface area (Å²) in [5, 5.41) is 3.76. The van der Waals surface area contributed by atoms with E-state index in [9.17, 15) is 0 Å². The van der Waals surface area contributed by atoms with E-state index in [1.165, 1.54) is 38.8 Å². The van der Waals surface area contributed by atoms with Crippen LogP contribution in [0.4, 0.5) is 0 Å². The average molecular weight is 268 g/mol. The van der Waals surface area contributed by atoms with E-state index in [1.54, 1.807) is 0 Å². The molecular formula is C16H32N2O. The molecule has 3 nitrogen and oxygen atoms in total. The Labute approximate surface area is 119 Å². The van der Waals surface area contributed by atoms with Crippen LogP contribution in [0.5, 0.6) is 0 Å². The van der Waals surface area contributed by atoms with Crippen molar-refractivity contribution in [1.82, 2.24) is 10.2 Å². The van der Waals surface area contributed by atoms with E-state index >= 15 is 0 Å². The van der Waals surface area contributed by atoms with E-state index in [0.29, 0.717) is 11.5 Å². The maximum atomic E-state index is 5.59. The summed E-state index contributed by atoms with van der Waals surface area (Å²) in [5.41, 5.74) is 0.429. The largest absolute Gasteiger partial charge is 0.381 e. The molecule has 1 saturated heterocycles. The highest BCUT2D eigenvalue weighted by Gasteiger charge is 2.36. The molecule has 2 rings (SSSR count). The van der Waals surface area contributed by atoms with Crippen LogP contribution in [-0.2, 0) is 4.74 Å². The molecule has 2 fully saturated rings. The number of nitrogens with zero attached hydrogens (tertiary/aromatic N) is 1. The van der Waals surface area contributed by atoms with Gasteiger partial charge in [-0.3, -0.25) is 0 Å². The molecule has 0 aromatic heterocycles. The summed E-state index contributed by atoms with van der Waals surface area (Å²) in [6.07, 6.45) is 5.18. The Morgan fingerprint density at radius 1 is 1.21 bits per heavy atom. The van der Waals surface area contributed by atoms with E-state index in [0.717, 1.165) is 25.2 Å². The van der Waals surface area contributed by atoms with Gasteiger partial charge in [-0.1, -0.05) is 13.8 Å². The molecule has 1 aliphatic carbocycles. The SMILES string of the molecule is CC(C)C(C)N(C)CC1(CNC2CC2)CCOCC1. The van der Waals surface area contributed by atoms with Crippen LogP contribution in [0.25, 0.3) is 0 Å². The molecule has 1 atom stereocenters. The quantitative estimate of drug-likeness (QED) is 0.768. The minimum absolute atomic E-state index is 0.429. The van der Waals surface area contributed by atoms with Crippen LogP contribution < -0.4 is 5.32 Å². The smallest absolute Gasteiger partial charge is 0.0472 e. The first kappa shape index (κ1) is 15.3. The van der Waals surface area contributed by atoms with Gasteiger partial charge < -0.3 is 15.0 Å². The summed E-state index contributed by atoms with van der Waals surface area (Å²) in [4.78, 5) is 2.56. The Morgan fingerprint density at radius 2 is 1.84 bits per heavy atom. The van der Waals surface area contributed by atoms with Gasteiger partial charge in [-0.25, -0.2) is 0 Å². The third-order valence-electron chi connectivity index (χ3n) is 5.14. The van der Waals surface area contributed by atoms with Gasteiger partial charge >= 0.3 is 0 Å². The van der Waals surface area contributed by atoms with Gasteiger partial charge in [0.25, 0.3) is 0 Å². The van der Waals surface area contributed by atoms with E-state index in [-0.39, 0.29) is 0 Å². The second kappa shape index (κ2) is 6.55. The lowest BCUT2D eigenvalue weighted by Gasteiger charge is -2.42. The number of hydrogen-bond acceptors (Lipinski definition) is 3. The molecule has 0 spiro atoms. The van der Waals surface area contributed by atoms with Gasteiger partial charge in [-0.15, -0.1) is 0 Å². The molecule has 0 bridgehead atoms. The Hall–Kier alpha value is -0.120. The monoisotopic (exact) mass is 268 g/mol. The molecule has 112 valence electrons. The fraction of sp³-hybridized carbons (Fsp3) is 1.00. The number of ether oxygens (including phenoxy) is 1. The van der Waals surface area contributed by atoms with Gasteiger partial charge in [0, 0.05) is 38.4 Å². The molecule has 1 saturated carbocycles. The lowest BCUT2D eigenvalue weighted by Crippen LogP contribution is -2.49. The maximum absolute atomic E-state index is 5.59. The highest BCUT2D eigenvalue weighted by molar-refractivity contribution is 4.91. The van der Waals surface area contributed by atoms with Gasteiger partial charge in [-0.2, -0.15) is 0 Å². The Kier molecular flexibility index (Phi) is 5.27. The molecule has 0 amide bonds. The Balaban J connectivity index is 1.91. The molecule has 0 aromatic carbocycles. The van der Waals surface area contributed by atoms with Crippen LogP contribution in [0.3, 0.4) is 0 Å². The van der Waals surface area contributed by atoms with Crippen molar-refractivity contribution in [3.8, 4) is 0 Å². The minimum Gasteiger partial charge on any atom is -0.381 e. The van der Waals surface area contributed by atoms with Crippen LogP contribution >= 0.6 is 0 Å². The topological polar surface area (TPSA) is 24.5 Å². The zero-order valence-electron chi connectivity index (χ0n) is 13.2. The molecule has 19 heavy (non-hydrogen) atoms. The van der Waals surface area contributed by atoms with Crippen molar-refractivity contribution >= 4 is 0 Å². The maximum Gasteiger partial charge on any atom is 0.0472 e. The number of hydrogen-bond donors (Lipinski definition) is 1. The van der Waals surface area contributed by atoms with Crippen LogP contribution in [-0.4, -0.2) is 50.3 Å². The van der Waals surface area contributed by atoms with E-state index in [4.69, 9.17) is 4.74 Å². The summed E-state index contributed by atoms with van der Waals surface area (Å²) < 4.78 is 5.59. The molecular weight excluding hydrogens is 236 g/mol. The summed E-state index contributed by atoms with van der Waals surface area (Å²) in [5.74, 6) is 0.721. The fourth-order valence-electron chi connectivity index (χ4n) is 3.03. The highest BCUT2D eigenvalue weighted by atomic mass is 16.5. The van der Waals surface area contributed by atoms with E-state index in [2.05, 4.69) is 38.0 Å². The van der Waals surface area contributed by atoms with Gasteiger partial charge in [0.2, 0.25) is 0 Å². The molecule has 1 heterocycles. The predicted molar refractivity (Wildman–Crippen MR) is 80.4 cm³/mol. The fourth-order valence-corrected chi connectivity index (χ4v) is 3.03. The summed E-state index contributed by atoms with van der Waals surface area (Å²) >= 11 is 0. The lowest BCUT2D eigenvalue weighted by atomic mass is 9.79. The Bertz CT molecular complexity index is 270. The van der Waals surface area contributed by atoms with Crippen LogP contribution in [0.2, 0.25) is 0 Å². The lowest BCUT2D eigenvalue weighted by molar-refractivity contribution is -0.00870. The van der Waals surface area contributed by atoms with Crippen molar-refractivity contribution < 1.29 is 4.74 Å². The average Bonchev–Trinajstić information content (AvgIpc) is 3.20. The van der Waals surface area contributed by atoms with Crippen molar-refractivity contribution in [3.63, 3.8) is 0 Å². The second-order valence-corrected chi connectivity index (χ2v) is 7.17. The summed E-state index contributed by atoms with van der Waals surface area (Å²) in [6.45, 7) is 11.3. The van der Waals surface area contributed by atoms with Gasteiger partial charge in [0.15, 0.2) is 0 Å². The van der Waals surface area contributed by atoms with Crippen LogP contribution in [0, 0.1) is 11.3 Å². The van der Waals surface area contributed by atoms with Crippen molar-refractivity contribution in [2.45, 2.75) is 58.5 Å². The zero-order valence-corrected chi connectivity index (χ0v) is 13.2. The van der Waals surface area contributed by atoms with Crippen LogP contribution in [0.15, 0.2) is 0 Å². The predicted octanol–water partition coefficient (Wildman–Crippen LogP) is 2.51. The van der Waals surface area contributed by atoms with Crippen molar-refractivity contribution in [2.24, 2.45) is 11.3 Å². The number of rotatable bonds is 7. The first-order valence-electron chi connectivity index (χ1n) is 8.04. The molecule has 1 aliphatic heterocycles. The van der Waals surface area contributed by atoms with Crippen molar-refractivity contribution in [2.75, 3.05) is 33.4 Å². The molecule has 1 N–H and O–H groups in total. The molecule has 0 aromatic rings. The first-order chi connectivity index (χ1) is 9.02. The number of nitrogens with one attached hydrogen (secondary N) is 1. The molecule has 0 radical (unpaired) electrons.